The van der Waals surface area contributed by atoms with Crippen molar-refractivity contribution in [2.75, 3.05) is 50.6 Å². The monoisotopic (exact) mass is 431 g/mol. The fraction of sp³-hybridized carbons (Fsp3) is 0.857. The first kappa shape index (κ1) is 21.6. The van der Waals surface area contributed by atoms with E-state index in [4.69, 9.17) is 14.6 Å². The van der Waals surface area contributed by atoms with Gasteiger partial charge in [-0.15, -0.1) is 0 Å². The van der Waals surface area contributed by atoms with Gasteiger partial charge in [0.15, 0.2) is 0 Å². The number of hydrogen-bond donors (Lipinski definition) is 2. The molecule has 0 aromatic carbocycles. The van der Waals surface area contributed by atoms with Crippen LogP contribution in [0.2, 0.25) is 0 Å². The first-order valence-electron chi connectivity index (χ1n) is 7.44. The number of carboxylic acid groups (broad SMARTS) is 1. The van der Waals surface area contributed by atoms with E-state index in [1.807, 2.05) is 0 Å². The number of rotatable bonds is 16. The fourth-order valence-electron chi connectivity index (χ4n) is 1.52. The van der Waals surface area contributed by atoms with E-state index in [0.29, 0.717) is 26.4 Å². The van der Waals surface area contributed by atoms with Gasteiger partial charge in [0.2, 0.25) is 5.91 Å². The van der Waals surface area contributed by atoms with Crippen LogP contribution in [-0.4, -0.2) is 67.6 Å². The molecule has 0 radical (unpaired) electrons. The largest absolute Gasteiger partial charge is 0.480 e. The molecule has 8 heteroatoms. The van der Waals surface area contributed by atoms with Crippen molar-refractivity contribution in [1.82, 2.24) is 5.32 Å². The normalized spacial score (nSPS) is 10.6. The summed E-state index contributed by atoms with van der Waals surface area (Å²) in [6.45, 7) is 1.85. The Kier molecular flexibility index (Phi) is 16.6. The molecular formula is C14H26INO6. The Hall–Kier alpha value is -0.450. The third kappa shape index (κ3) is 17.6. The van der Waals surface area contributed by atoms with Gasteiger partial charge in [-0.1, -0.05) is 35.4 Å². The molecule has 0 aliphatic carbocycles. The molecule has 22 heavy (non-hydrogen) atoms. The van der Waals surface area contributed by atoms with Crippen LogP contribution in [0.25, 0.3) is 0 Å². The highest BCUT2D eigenvalue weighted by molar-refractivity contribution is 14.1. The SMILES string of the molecule is O=C(O)COCC(=O)NCCOCCOCCCCCCI. The van der Waals surface area contributed by atoms with Crippen molar-refractivity contribution >= 4 is 34.5 Å². The van der Waals surface area contributed by atoms with E-state index < -0.39 is 12.6 Å². The van der Waals surface area contributed by atoms with Crippen molar-refractivity contribution in [1.29, 1.82) is 0 Å². The van der Waals surface area contributed by atoms with E-state index in [1.54, 1.807) is 0 Å². The van der Waals surface area contributed by atoms with Gasteiger partial charge in [-0.2, -0.15) is 0 Å². The number of halogens is 1. The number of unbranched alkanes of at least 4 members (excludes halogenated alkanes) is 3. The highest BCUT2D eigenvalue weighted by Gasteiger charge is 2.02. The quantitative estimate of drug-likeness (QED) is 0.217. The van der Waals surface area contributed by atoms with Crippen molar-refractivity contribution in [3.63, 3.8) is 0 Å². The van der Waals surface area contributed by atoms with Crippen LogP contribution in [0.1, 0.15) is 25.7 Å². The molecule has 0 bridgehead atoms. The second kappa shape index (κ2) is 16.9. The van der Waals surface area contributed by atoms with Gasteiger partial charge in [0.25, 0.3) is 0 Å². The topological polar surface area (TPSA) is 94.1 Å². The third-order valence-electron chi connectivity index (χ3n) is 2.57. The lowest BCUT2D eigenvalue weighted by molar-refractivity contribution is -0.143. The van der Waals surface area contributed by atoms with Gasteiger partial charge in [0.1, 0.15) is 13.2 Å². The predicted molar refractivity (Wildman–Crippen MR) is 90.5 cm³/mol. The van der Waals surface area contributed by atoms with E-state index in [2.05, 4.69) is 32.6 Å². The third-order valence-corrected chi connectivity index (χ3v) is 3.33. The van der Waals surface area contributed by atoms with Crippen LogP contribution in [0.5, 0.6) is 0 Å². The number of carbonyl (C=O) groups is 2. The smallest absolute Gasteiger partial charge is 0.329 e. The molecule has 2 N–H and O–H groups in total. The van der Waals surface area contributed by atoms with Gasteiger partial charge in [0.05, 0.1) is 19.8 Å². The Bertz CT molecular complexity index is 291. The van der Waals surface area contributed by atoms with Crippen molar-refractivity contribution in [3.8, 4) is 0 Å². The van der Waals surface area contributed by atoms with Gasteiger partial charge in [0, 0.05) is 13.2 Å². The molecule has 0 aromatic heterocycles. The lowest BCUT2D eigenvalue weighted by atomic mass is 10.2. The number of nitrogens with one attached hydrogen (secondary N) is 1. The summed E-state index contributed by atoms with van der Waals surface area (Å²) in [5.41, 5.74) is 0. The van der Waals surface area contributed by atoms with Crippen LogP contribution in [0, 0.1) is 0 Å². The Morgan fingerprint density at radius 1 is 0.864 bits per heavy atom. The maximum Gasteiger partial charge on any atom is 0.329 e. The molecule has 0 fully saturated rings. The van der Waals surface area contributed by atoms with Gasteiger partial charge in [-0.3, -0.25) is 4.79 Å². The highest BCUT2D eigenvalue weighted by atomic mass is 127. The number of carboxylic acids is 1. The molecule has 0 aromatic rings. The average Bonchev–Trinajstić information content (AvgIpc) is 2.48. The molecular weight excluding hydrogens is 405 g/mol. The Labute approximate surface area is 145 Å². The van der Waals surface area contributed by atoms with Crippen LogP contribution in [0.3, 0.4) is 0 Å². The fourth-order valence-corrected chi connectivity index (χ4v) is 2.06. The summed E-state index contributed by atoms with van der Waals surface area (Å²) in [5, 5.41) is 10.9. The highest BCUT2D eigenvalue weighted by Crippen LogP contribution is 2.02. The first-order chi connectivity index (χ1) is 10.7. The number of ether oxygens (including phenoxy) is 3. The molecule has 7 nitrogen and oxygen atoms in total. The lowest BCUT2D eigenvalue weighted by Gasteiger charge is -2.07. The van der Waals surface area contributed by atoms with E-state index in [9.17, 15) is 9.59 Å². The zero-order valence-electron chi connectivity index (χ0n) is 12.9. The summed E-state index contributed by atoms with van der Waals surface area (Å²) >= 11 is 2.39. The zero-order chi connectivity index (χ0) is 16.5. The maximum atomic E-state index is 11.2. The van der Waals surface area contributed by atoms with Crippen LogP contribution < -0.4 is 5.32 Å². The molecule has 0 saturated carbocycles. The van der Waals surface area contributed by atoms with Gasteiger partial charge >= 0.3 is 5.97 Å². The van der Waals surface area contributed by atoms with Crippen molar-refractivity contribution < 1.29 is 28.9 Å². The number of alkyl halides is 1. The van der Waals surface area contributed by atoms with Crippen LogP contribution >= 0.6 is 22.6 Å². The van der Waals surface area contributed by atoms with E-state index in [0.717, 1.165) is 13.0 Å². The minimum Gasteiger partial charge on any atom is -0.480 e. The molecule has 0 saturated heterocycles. The zero-order valence-corrected chi connectivity index (χ0v) is 15.0. The summed E-state index contributed by atoms with van der Waals surface area (Å²) in [6.07, 6.45) is 4.83. The molecule has 0 aliphatic rings. The van der Waals surface area contributed by atoms with Crippen molar-refractivity contribution in [2.45, 2.75) is 25.7 Å². The summed E-state index contributed by atoms with van der Waals surface area (Å²) in [4.78, 5) is 21.4. The Morgan fingerprint density at radius 2 is 1.55 bits per heavy atom. The lowest BCUT2D eigenvalue weighted by Crippen LogP contribution is -2.31. The molecule has 130 valence electrons. The molecule has 0 spiro atoms. The second-order valence-corrected chi connectivity index (χ2v) is 5.64. The van der Waals surface area contributed by atoms with Crippen LogP contribution in [-0.2, 0) is 23.8 Å². The molecule has 0 aliphatic heterocycles. The van der Waals surface area contributed by atoms with Gasteiger partial charge < -0.3 is 24.6 Å². The van der Waals surface area contributed by atoms with Crippen molar-refractivity contribution in [3.05, 3.63) is 0 Å². The minimum absolute atomic E-state index is 0.257. The Morgan fingerprint density at radius 3 is 2.23 bits per heavy atom. The molecule has 0 unspecified atom stereocenters. The standard InChI is InChI=1S/C14H26INO6/c15-5-3-1-2-4-7-20-9-10-21-8-6-16-13(17)11-22-12-14(18)19/h1-12H2,(H,16,17)(H,18,19). The number of aliphatic carboxylic acids is 1. The van der Waals surface area contributed by atoms with E-state index >= 15 is 0 Å². The molecule has 1 amide bonds. The minimum atomic E-state index is -1.10. The van der Waals surface area contributed by atoms with E-state index in [-0.39, 0.29) is 12.5 Å². The number of hydrogen-bond acceptors (Lipinski definition) is 5. The van der Waals surface area contributed by atoms with Gasteiger partial charge in [-0.05, 0) is 17.3 Å². The van der Waals surface area contributed by atoms with Crippen molar-refractivity contribution in [2.24, 2.45) is 0 Å². The number of carbonyl (C=O) groups excluding carboxylic acids is 1. The summed E-state index contributed by atoms with van der Waals surface area (Å²) in [7, 11) is 0. The first-order valence-corrected chi connectivity index (χ1v) is 8.97. The maximum absolute atomic E-state index is 11.2. The summed E-state index contributed by atoms with van der Waals surface area (Å²) in [5.74, 6) is -1.45. The molecule has 0 atom stereocenters. The van der Waals surface area contributed by atoms with E-state index in [1.165, 1.54) is 23.7 Å². The second-order valence-electron chi connectivity index (χ2n) is 4.56. The molecule has 0 rings (SSSR count). The van der Waals surface area contributed by atoms with Gasteiger partial charge in [-0.25, -0.2) is 4.79 Å². The average molecular weight is 431 g/mol. The van der Waals surface area contributed by atoms with Crippen LogP contribution in [0.15, 0.2) is 0 Å². The number of amides is 1. The Balaban J connectivity index is 3.13. The van der Waals surface area contributed by atoms with Crippen LogP contribution in [0.4, 0.5) is 0 Å². The summed E-state index contributed by atoms with van der Waals surface area (Å²) < 4.78 is 16.6. The predicted octanol–water partition coefficient (Wildman–Crippen LogP) is 1.23. The summed E-state index contributed by atoms with van der Waals surface area (Å²) in [6, 6.07) is 0. The molecule has 0 heterocycles.